The van der Waals surface area contributed by atoms with Crippen molar-refractivity contribution in [1.82, 2.24) is 9.80 Å². The van der Waals surface area contributed by atoms with Crippen molar-refractivity contribution >= 4 is 35.2 Å². The van der Waals surface area contributed by atoms with E-state index < -0.39 is 0 Å². The van der Waals surface area contributed by atoms with E-state index in [1.165, 1.54) is 0 Å². The summed E-state index contributed by atoms with van der Waals surface area (Å²) in [7, 11) is 0. The molecule has 0 saturated carbocycles. The molecule has 2 aromatic carbocycles. The van der Waals surface area contributed by atoms with E-state index >= 15 is 0 Å². The van der Waals surface area contributed by atoms with E-state index in [4.69, 9.17) is 11.6 Å². The van der Waals surface area contributed by atoms with Gasteiger partial charge >= 0.3 is 0 Å². The number of carbonyl (C=O) groups excluding carboxylic acids is 2. The van der Waals surface area contributed by atoms with Gasteiger partial charge in [0.1, 0.15) is 0 Å². The molecule has 1 aliphatic rings. The number of piperazine rings is 1. The Kier molecular flexibility index (Phi) is 7.29. The van der Waals surface area contributed by atoms with Crippen LogP contribution in [0.3, 0.4) is 0 Å². The van der Waals surface area contributed by atoms with Crippen LogP contribution in [0.4, 0.5) is 5.69 Å². The molecule has 1 N–H and O–H groups in total. The average molecular weight is 426 g/mol. The predicted molar refractivity (Wildman–Crippen MR) is 123 cm³/mol. The topological polar surface area (TPSA) is 52.7 Å². The molecule has 0 unspecified atom stereocenters. The molecule has 5 nitrogen and oxygen atoms in total. The maximum atomic E-state index is 12.5. The van der Waals surface area contributed by atoms with Crippen molar-refractivity contribution in [1.29, 1.82) is 0 Å². The first kappa shape index (κ1) is 22.1. The van der Waals surface area contributed by atoms with Crippen molar-refractivity contribution in [3.8, 4) is 0 Å². The van der Waals surface area contributed by atoms with Gasteiger partial charge < -0.3 is 10.2 Å². The normalized spacial score (nSPS) is 14.9. The highest BCUT2D eigenvalue weighted by atomic mass is 35.5. The smallest absolute Gasteiger partial charge is 0.246 e. The van der Waals surface area contributed by atoms with Crippen LogP contribution in [0.5, 0.6) is 0 Å². The number of aryl methyl sites for hydroxylation is 2. The number of rotatable bonds is 5. The van der Waals surface area contributed by atoms with Gasteiger partial charge in [0.15, 0.2) is 0 Å². The molecule has 1 saturated heterocycles. The molecule has 2 amide bonds. The number of halogens is 1. The first-order valence-electron chi connectivity index (χ1n) is 10.1. The zero-order valence-corrected chi connectivity index (χ0v) is 18.5. The highest BCUT2D eigenvalue weighted by Crippen LogP contribution is 2.19. The van der Waals surface area contributed by atoms with Crippen LogP contribution in [0, 0.1) is 20.8 Å². The Labute approximate surface area is 183 Å². The Morgan fingerprint density at radius 1 is 1.03 bits per heavy atom. The SMILES string of the molecule is Cc1ccc(C=CC(=O)N2CCN(CC(=O)Nc3cccc(C)c3C)CC2)cc1Cl. The van der Waals surface area contributed by atoms with Crippen molar-refractivity contribution in [2.45, 2.75) is 20.8 Å². The zero-order valence-electron chi connectivity index (χ0n) is 17.7. The van der Waals surface area contributed by atoms with Crippen LogP contribution in [-0.4, -0.2) is 54.3 Å². The highest BCUT2D eigenvalue weighted by Gasteiger charge is 2.21. The molecule has 0 bridgehead atoms. The van der Waals surface area contributed by atoms with E-state index in [1.54, 1.807) is 12.2 Å². The summed E-state index contributed by atoms with van der Waals surface area (Å²) in [6, 6.07) is 11.6. The van der Waals surface area contributed by atoms with Gasteiger partial charge in [-0.3, -0.25) is 14.5 Å². The van der Waals surface area contributed by atoms with Gasteiger partial charge in [-0.1, -0.05) is 35.9 Å². The third-order valence-corrected chi connectivity index (χ3v) is 5.95. The van der Waals surface area contributed by atoms with Crippen LogP contribution in [0.2, 0.25) is 5.02 Å². The Morgan fingerprint density at radius 2 is 1.77 bits per heavy atom. The molecule has 3 rings (SSSR count). The standard InChI is InChI=1S/C24H28ClN3O2/c1-17-5-4-6-22(19(17)3)26-23(29)16-27-11-13-28(14-12-27)24(30)10-9-20-8-7-18(2)21(25)15-20/h4-10,15H,11-14,16H2,1-3H3,(H,26,29). The van der Waals surface area contributed by atoms with Crippen LogP contribution in [0.15, 0.2) is 42.5 Å². The van der Waals surface area contributed by atoms with Gasteiger partial charge in [0, 0.05) is 43.0 Å². The van der Waals surface area contributed by atoms with Gasteiger partial charge in [0.05, 0.1) is 6.54 Å². The molecule has 0 radical (unpaired) electrons. The van der Waals surface area contributed by atoms with E-state index in [-0.39, 0.29) is 11.8 Å². The van der Waals surface area contributed by atoms with Gasteiger partial charge in [0.25, 0.3) is 0 Å². The van der Waals surface area contributed by atoms with Gasteiger partial charge in [-0.15, -0.1) is 0 Å². The number of hydrogen-bond donors (Lipinski definition) is 1. The van der Waals surface area contributed by atoms with E-state index in [1.807, 2.05) is 62.1 Å². The van der Waals surface area contributed by atoms with Crippen molar-refractivity contribution < 1.29 is 9.59 Å². The van der Waals surface area contributed by atoms with Gasteiger partial charge in [0.2, 0.25) is 11.8 Å². The highest BCUT2D eigenvalue weighted by molar-refractivity contribution is 6.31. The molecular formula is C24H28ClN3O2. The summed E-state index contributed by atoms with van der Waals surface area (Å²) in [6.07, 6.45) is 3.38. The van der Waals surface area contributed by atoms with Crippen LogP contribution in [0.1, 0.15) is 22.3 Å². The third-order valence-electron chi connectivity index (χ3n) is 5.54. The van der Waals surface area contributed by atoms with Crippen LogP contribution in [-0.2, 0) is 9.59 Å². The summed E-state index contributed by atoms with van der Waals surface area (Å²) in [5, 5.41) is 3.69. The van der Waals surface area contributed by atoms with E-state index in [9.17, 15) is 9.59 Å². The van der Waals surface area contributed by atoms with Crippen molar-refractivity contribution in [2.75, 3.05) is 38.0 Å². The first-order valence-corrected chi connectivity index (χ1v) is 10.5. The fraction of sp³-hybridized carbons (Fsp3) is 0.333. The lowest BCUT2D eigenvalue weighted by molar-refractivity contribution is -0.127. The molecule has 0 spiro atoms. The summed E-state index contributed by atoms with van der Waals surface area (Å²) >= 11 is 6.14. The van der Waals surface area contributed by atoms with Gasteiger partial charge in [-0.05, 0) is 61.2 Å². The number of nitrogens with zero attached hydrogens (tertiary/aromatic N) is 2. The number of amides is 2. The minimum atomic E-state index is -0.0281. The average Bonchev–Trinajstić information content (AvgIpc) is 2.72. The van der Waals surface area contributed by atoms with E-state index in [0.29, 0.717) is 37.7 Å². The van der Waals surface area contributed by atoms with Crippen LogP contribution >= 0.6 is 11.6 Å². The second kappa shape index (κ2) is 9.92. The predicted octanol–water partition coefficient (Wildman–Crippen LogP) is 4.06. The molecule has 30 heavy (non-hydrogen) atoms. The van der Waals surface area contributed by atoms with Crippen molar-refractivity contribution in [3.63, 3.8) is 0 Å². The molecule has 1 heterocycles. The fourth-order valence-corrected chi connectivity index (χ4v) is 3.58. The number of nitrogens with one attached hydrogen (secondary N) is 1. The molecular weight excluding hydrogens is 398 g/mol. The zero-order chi connectivity index (χ0) is 21.7. The minimum absolute atomic E-state index is 0.0221. The largest absolute Gasteiger partial charge is 0.337 e. The number of benzene rings is 2. The third kappa shape index (κ3) is 5.71. The molecule has 6 heteroatoms. The number of carbonyl (C=O) groups is 2. The summed E-state index contributed by atoms with van der Waals surface area (Å²) in [6.45, 7) is 8.88. The molecule has 1 aliphatic heterocycles. The van der Waals surface area contributed by atoms with E-state index in [2.05, 4.69) is 10.2 Å². The van der Waals surface area contributed by atoms with Crippen molar-refractivity contribution in [3.05, 3.63) is 69.8 Å². The monoisotopic (exact) mass is 425 g/mol. The Morgan fingerprint density at radius 3 is 2.47 bits per heavy atom. The molecule has 2 aromatic rings. The fourth-order valence-electron chi connectivity index (χ4n) is 3.39. The summed E-state index contributed by atoms with van der Waals surface area (Å²) in [5.41, 5.74) is 5.01. The summed E-state index contributed by atoms with van der Waals surface area (Å²) in [5.74, 6) is -0.0502. The first-order chi connectivity index (χ1) is 14.3. The molecule has 0 atom stereocenters. The second-order valence-corrected chi connectivity index (χ2v) is 8.15. The van der Waals surface area contributed by atoms with E-state index in [0.717, 1.165) is 27.9 Å². The number of hydrogen-bond acceptors (Lipinski definition) is 3. The summed E-state index contributed by atoms with van der Waals surface area (Å²) in [4.78, 5) is 28.8. The Bertz CT molecular complexity index is 963. The Hall–Kier alpha value is -2.63. The maximum Gasteiger partial charge on any atom is 0.246 e. The number of anilines is 1. The lowest BCUT2D eigenvalue weighted by atomic mass is 10.1. The molecule has 158 valence electrons. The lowest BCUT2D eigenvalue weighted by Gasteiger charge is -2.33. The van der Waals surface area contributed by atoms with Crippen LogP contribution < -0.4 is 5.32 Å². The molecule has 1 fully saturated rings. The molecule has 0 aromatic heterocycles. The second-order valence-electron chi connectivity index (χ2n) is 7.74. The van der Waals surface area contributed by atoms with Crippen LogP contribution in [0.25, 0.3) is 6.08 Å². The molecule has 0 aliphatic carbocycles. The maximum absolute atomic E-state index is 12.5. The summed E-state index contributed by atoms with van der Waals surface area (Å²) < 4.78 is 0. The Balaban J connectivity index is 1.47. The lowest BCUT2D eigenvalue weighted by Crippen LogP contribution is -2.50. The minimum Gasteiger partial charge on any atom is -0.337 e. The quantitative estimate of drug-likeness (QED) is 0.735. The van der Waals surface area contributed by atoms with Gasteiger partial charge in [-0.25, -0.2) is 0 Å². The van der Waals surface area contributed by atoms with Gasteiger partial charge in [-0.2, -0.15) is 0 Å². The van der Waals surface area contributed by atoms with Crippen molar-refractivity contribution in [2.24, 2.45) is 0 Å².